The number of unbranched alkanes of at least 4 members (excludes halogenated alkanes) is 20. The quantitative estimate of drug-likeness (QED) is 0.144. The van der Waals surface area contributed by atoms with E-state index < -0.39 is 0 Å². The summed E-state index contributed by atoms with van der Waals surface area (Å²) in [4.78, 5) is 0. The molecule has 0 N–H and O–H groups in total. The fourth-order valence-corrected chi connectivity index (χ4v) is 3.51. The van der Waals surface area contributed by atoms with E-state index in [1.54, 1.807) is 0 Å². The van der Waals surface area contributed by atoms with Crippen LogP contribution in [0.5, 0.6) is 0 Å². The monoisotopic (exact) mass is 388 g/mol. The minimum atomic E-state index is 0. The van der Waals surface area contributed by atoms with Gasteiger partial charge in [0.05, 0.1) is 0 Å². The molecule has 0 bridgehead atoms. The second-order valence-electron chi connectivity index (χ2n) is 7.72. The molecule has 0 aliphatic heterocycles. The van der Waals surface area contributed by atoms with Gasteiger partial charge in [0, 0.05) is 19.5 Å². The van der Waals surface area contributed by atoms with Gasteiger partial charge in [-0.3, -0.25) is 0 Å². The van der Waals surface area contributed by atoms with Crippen LogP contribution in [0.4, 0.5) is 0 Å². The standard InChI is InChI=1S/C23H48.Zn/c1-3-5-7-9-11-13-15-17-19-21-23-22-20-18-16-14-12-10-8-6-4-2;/h3-23H2,1-2H3;. The van der Waals surface area contributed by atoms with E-state index in [1.807, 2.05) is 0 Å². The van der Waals surface area contributed by atoms with Crippen molar-refractivity contribution in [1.82, 2.24) is 0 Å². The molecule has 1 heteroatoms. The largest absolute Gasteiger partial charge is 0.0654 e. The molecule has 0 saturated carbocycles. The zero-order valence-corrected chi connectivity index (χ0v) is 20.5. The molecule has 0 rings (SSSR count). The van der Waals surface area contributed by atoms with Crippen LogP contribution in [0.1, 0.15) is 149 Å². The summed E-state index contributed by atoms with van der Waals surface area (Å²) in [5.41, 5.74) is 0. The van der Waals surface area contributed by atoms with Crippen molar-refractivity contribution >= 4 is 0 Å². The van der Waals surface area contributed by atoms with Crippen LogP contribution in [0, 0.1) is 0 Å². The van der Waals surface area contributed by atoms with Gasteiger partial charge in [0.15, 0.2) is 0 Å². The van der Waals surface area contributed by atoms with E-state index in [9.17, 15) is 0 Å². The Balaban J connectivity index is 0. The van der Waals surface area contributed by atoms with Crippen LogP contribution in [0.3, 0.4) is 0 Å². The van der Waals surface area contributed by atoms with Gasteiger partial charge in [-0.1, -0.05) is 149 Å². The summed E-state index contributed by atoms with van der Waals surface area (Å²) in [7, 11) is 0. The summed E-state index contributed by atoms with van der Waals surface area (Å²) in [6.45, 7) is 4.60. The SMILES string of the molecule is CCCCCCCCCCCCCCCCCCCCCCC.[Zn]. The molecule has 0 nitrogen and oxygen atoms in total. The molecule has 0 amide bonds. The van der Waals surface area contributed by atoms with Gasteiger partial charge in [0.25, 0.3) is 0 Å². The third-order valence-electron chi connectivity index (χ3n) is 5.21. The number of hydrogen-bond acceptors (Lipinski definition) is 0. The average molecular weight is 390 g/mol. The van der Waals surface area contributed by atoms with E-state index >= 15 is 0 Å². The van der Waals surface area contributed by atoms with Crippen molar-refractivity contribution < 1.29 is 19.5 Å². The predicted molar refractivity (Wildman–Crippen MR) is 108 cm³/mol. The molecule has 0 radical (unpaired) electrons. The van der Waals surface area contributed by atoms with Crippen molar-refractivity contribution in [2.24, 2.45) is 0 Å². The van der Waals surface area contributed by atoms with Gasteiger partial charge in [0.1, 0.15) is 0 Å². The van der Waals surface area contributed by atoms with Crippen molar-refractivity contribution in [2.45, 2.75) is 149 Å². The molecule has 0 aliphatic rings. The summed E-state index contributed by atoms with van der Waals surface area (Å²) in [5, 5.41) is 0. The molecule has 0 spiro atoms. The van der Waals surface area contributed by atoms with Gasteiger partial charge < -0.3 is 0 Å². The van der Waals surface area contributed by atoms with Gasteiger partial charge in [-0.2, -0.15) is 0 Å². The van der Waals surface area contributed by atoms with Crippen molar-refractivity contribution in [3.63, 3.8) is 0 Å². The van der Waals surface area contributed by atoms with Crippen LogP contribution in [0.15, 0.2) is 0 Å². The van der Waals surface area contributed by atoms with Gasteiger partial charge >= 0.3 is 0 Å². The minimum Gasteiger partial charge on any atom is -0.0654 e. The molecular weight excluding hydrogens is 342 g/mol. The second-order valence-corrected chi connectivity index (χ2v) is 7.72. The zero-order chi connectivity index (χ0) is 16.8. The molecule has 0 aromatic carbocycles. The minimum absolute atomic E-state index is 0. The maximum absolute atomic E-state index is 2.30. The molecule has 0 unspecified atom stereocenters. The maximum Gasteiger partial charge on any atom is 0 e. The Morgan fingerprint density at radius 3 is 0.500 bits per heavy atom. The molecule has 0 saturated heterocycles. The molecule has 0 heterocycles. The molecule has 0 aliphatic carbocycles. The first-order valence-electron chi connectivity index (χ1n) is 11.4. The van der Waals surface area contributed by atoms with E-state index in [1.165, 1.54) is 135 Å². The Morgan fingerprint density at radius 1 is 0.250 bits per heavy atom. The summed E-state index contributed by atoms with van der Waals surface area (Å²) >= 11 is 0. The molecule has 0 fully saturated rings. The zero-order valence-electron chi connectivity index (χ0n) is 17.6. The van der Waals surface area contributed by atoms with Crippen LogP contribution in [-0.4, -0.2) is 0 Å². The van der Waals surface area contributed by atoms with E-state index in [4.69, 9.17) is 0 Å². The molecule has 24 heavy (non-hydrogen) atoms. The van der Waals surface area contributed by atoms with Gasteiger partial charge in [0.2, 0.25) is 0 Å². The fraction of sp³-hybridized carbons (Fsp3) is 1.00. The van der Waals surface area contributed by atoms with Crippen molar-refractivity contribution in [1.29, 1.82) is 0 Å². The Hall–Kier alpha value is 0.623. The van der Waals surface area contributed by atoms with E-state index in [-0.39, 0.29) is 19.5 Å². The average Bonchev–Trinajstić information content (AvgIpc) is 2.57. The topological polar surface area (TPSA) is 0 Å². The summed E-state index contributed by atoms with van der Waals surface area (Å²) in [5.74, 6) is 0. The fourth-order valence-electron chi connectivity index (χ4n) is 3.51. The van der Waals surface area contributed by atoms with Crippen LogP contribution in [0.2, 0.25) is 0 Å². The molecule has 0 aromatic rings. The smallest absolute Gasteiger partial charge is 0 e. The number of rotatable bonds is 20. The Bertz CT molecular complexity index is 170. The Labute approximate surface area is 168 Å². The predicted octanol–water partition coefficient (Wildman–Crippen LogP) is 9.22. The van der Waals surface area contributed by atoms with Gasteiger partial charge in [-0.25, -0.2) is 0 Å². The third-order valence-corrected chi connectivity index (χ3v) is 5.21. The first kappa shape index (κ1) is 26.8. The second kappa shape index (κ2) is 25.9. The molecular formula is C23H48Zn. The summed E-state index contributed by atoms with van der Waals surface area (Å²) in [6.07, 6.45) is 30.9. The van der Waals surface area contributed by atoms with Crippen LogP contribution >= 0.6 is 0 Å². The van der Waals surface area contributed by atoms with Crippen molar-refractivity contribution in [2.75, 3.05) is 0 Å². The maximum atomic E-state index is 2.30. The first-order chi connectivity index (χ1) is 11.4. The van der Waals surface area contributed by atoms with Crippen LogP contribution < -0.4 is 0 Å². The van der Waals surface area contributed by atoms with E-state index in [0.717, 1.165) is 0 Å². The van der Waals surface area contributed by atoms with E-state index in [0.29, 0.717) is 0 Å². The van der Waals surface area contributed by atoms with Crippen molar-refractivity contribution in [3.05, 3.63) is 0 Å². The summed E-state index contributed by atoms with van der Waals surface area (Å²) < 4.78 is 0. The van der Waals surface area contributed by atoms with Crippen LogP contribution in [-0.2, 0) is 19.5 Å². The normalized spacial score (nSPS) is 10.8. The van der Waals surface area contributed by atoms with Crippen LogP contribution in [0.25, 0.3) is 0 Å². The third kappa shape index (κ3) is 24.9. The molecule has 0 aromatic heterocycles. The van der Waals surface area contributed by atoms with Gasteiger partial charge in [-0.15, -0.1) is 0 Å². The molecule has 0 atom stereocenters. The summed E-state index contributed by atoms with van der Waals surface area (Å²) in [6, 6.07) is 0. The Morgan fingerprint density at radius 2 is 0.375 bits per heavy atom. The Kier molecular flexibility index (Phi) is 28.9. The van der Waals surface area contributed by atoms with E-state index in [2.05, 4.69) is 13.8 Å². The van der Waals surface area contributed by atoms with Crippen molar-refractivity contribution in [3.8, 4) is 0 Å². The number of hydrogen-bond donors (Lipinski definition) is 0. The van der Waals surface area contributed by atoms with Gasteiger partial charge in [-0.05, 0) is 0 Å². The molecule has 142 valence electrons. The first-order valence-corrected chi connectivity index (χ1v) is 11.4.